The van der Waals surface area contributed by atoms with Crippen LogP contribution in [0.25, 0.3) is 10.9 Å². The zero-order valence-corrected chi connectivity index (χ0v) is 20.2. The van der Waals surface area contributed by atoms with E-state index in [9.17, 15) is 11.0 Å². The normalized spacial score (nSPS) is 26.0. The number of hydrogen-bond acceptors (Lipinski definition) is 7. The van der Waals surface area contributed by atoms with Crippen LogP contribution in [-0.2, 0) is 0 Å². The predicted octanol–water partition coefficient (Wildman–Crippen LogP) is 5.35. The van der Waals surface area contributed by atoms with E-state index in [1.807, 2.05) is 17.3 Å². The lowest BCUT2D eigenvalue weighted by Gasteiger charge is -2.62. The SMILES string of the molecule is [2H][C@](Nc1cc(Cl)c2ncc(C#N)c(NC34CC(C3)C4)c2c1)(C1=CN(C2CC2)NN1)c1ccc(F)cc1. The molecule has 7 nitrogen and oxygen atoms in total. The van der Waals surface area contributed by atoms with Gasteiger partial charge in [0.15, 0.2) is 0 Å². The van der Waals surface area contributed by atoms with E-state index in [0.29, 0.717) is 39.1 Å². The van der Waals surface area contributed by atoms with Gasteiger partial charge in [-0.2, -0.15) is 5.26 Å². The van der Waals surface area contributed by atoms with Gasteiger partial charge in [0.05, 0.1) is 34.9 Å². The minimum atomic E-state index is -1.48. The highest BCUT2D eigenvalue weighted by atomic mass is 35.5. The van der Waals surface area contributed by atoms with Crippen molar-refractivity contribution in [2.24, 2.45) is 5.92 Å². The van der Waals surface area contributed by atoms with Gasteiger partial charge in [0, 0.05) is 35.1 Å². The average Bonchev–Trinajstić information content (AvgIpc) is 3.56. The highest BCUT2D eigenvalue weighted by Crippen LogP contribution is 2.59. The summed E-state index contributed by atoms with van der Waals surface area (Å²) in [5, 5.41) is 19.9. The van der Waals surface area contributed by atoms with Crippen molar-refractivity contribution < 1.29 is 5.76 Å². The average molecular weight is 503 g/mol. The van der Waals surface area contributed by atoms with Gasteiger partial charge in [0.2, 0.25) is 0 Å². The van der Waals surface area contributed by atoms with Crippen LogP contribution in [-0.4, -0.2) is 21.6 Å². The van der Waals surface area contributed by atoms with E-state index in [0.717, 1.165) is 49.1 Å². The Labute approximate surface area is 214 Å². The van der Waals surface area contributed by atoms with Gasteiger partial charge < -0.3 is 16.1 Å². The minimum absolute atomic E-state index is 0.0459. The molecule has 4 N–H and O–H groups in total. The molecule has 5 aliphatic rings. The van der Waals surface area contributed by atoms with Gasteiger partial charge in [0.1, 0.15) is 11.9 Å². The van der Waals surface area contributed by atoms with Gasteiger partial charge in [-0.15, -0.1) is 5.53 Å². The minimum Gasteiger partial charge on any atom is -0.378 e. The number of halogens is 2. The molecular weight excluding hydrogens is 477 g/mol. The summed E-state index contributed by atoms with van der Waals surface area (Å²) in [4.78, 5) is 4.47. The summed E-state index contributed by atoms with van der Waals surface area (Å²) in [7, 11) is 0. The third kappa shape index (κ3) is 3.62. The van der Waals surface area contributed by atoms with Crippen molar-refractivity contribution >= 4 is 33.9 Å². The summed E-state index contributed by atoms with van der Waals surface area (Å²) in [5.41, 5.74) is 9.79. The third-order valence-electron chi connectivity index (χ3n) is 7.67. The van der Waals surface area contributed by atoms with E-state index in [4.69, 9.17) is 11.6 Å². The summed E-state index contributed by atoms with van der Waals surface area (Å²) in [6.07, 6.45) is 8.94. The lowest BCUT2D eigenvalue weighted by Crippen LogP contribution is -2.63. The Balaban J connectivity index is 1.32. The number of nitriles is 1. The van der Waals surface area contributed by atoms with Crippen LogP contribution in [0.4, 0.5) is 15.8 Å². The molecule has 182 valence electrons. The number of aromatic nitrogens is 1. The Morgan fingerprint density at radius 1 is 1.25 bits per heavy atom. The maximum absolute atomic E-state index is 13.8. The first-order valence-corrected chi connectivity index (χ1v) is 12.6. The number of fused-ring (bicyclic) bond motifs is 1. The number of nitrogens with one attached hydrogen (secondary N) is 4. The van der Waals surface area contributed by atoms with Crippen LogP contribution in [0, 0.1) is 23.1 Å². The molecule has 2 bridgehead atoms. The Bertz CT molecular complexity index is 1480. The standard InChI is InChI=1S/C27H25ClFN7/c28-22-8-19(7-21-24(17(12-30)13-31-26(21)22)33-27-9-15(10-27)11-27)32-25(16-1-3-18(29)4-2-16)23-14-36(35-34-23)20-5-6-20/h1-4,7-8,13-15,20,25,32,34-35H,5-6,9-11H2,(H,31,33)/t15?,25-,27?/m1/s1/i25D. The predicted molar refractivity (Wildman–Crippen MR) is 137 cm³/mol. The lowest BCUT2D eigenvalue weighted by atomic mass is 9.50. The second-order valence-electron chi connectivity index (χ2n) is 10.3. The Hall–Kier alpha value is -3.54. The maximum Gasteiger partial charge on any atom is 0.123 e. The number of benzene rings is 2. The van der Waals surface area contributed by atoms with Gasteiger partial charge in [-0.3, -0.25) is 9.99 Å². The molecule has 0 saturated heterocycles. The molecule has 0 unspecified atom stereocenters. The van der Waals surface area contributed by atoms with Gasteiger partial charge in [0.25, 0.3) is 0 Å². The summed E-state index contributed by atoms with van der Waals surface area (Å²) >= 11 is 6.71. The molecule has 8 rings (SSSR count). The number of anilines is 2. The molecule has 4 aliphatic carbocycles. The van der Waals surface area contributed by atoms with Crippen LogP contribution in [0.2, 0.25) is 5.02 Å². The summed E-state index contributed by atoms with van der Waals surface area (Å²) in [5.74, 6) is 0.410. The van der Waals surface area contributed by atoms with E-state index in [-0.39, 0.29) is 11.4 Å². The summed E-state index contributed by atoms with van der Waals surface area (Å²) in [6, 6.07) is 10.7. The largest absolute Gasteiger partial charge is 0.378 e. The molecule has 36 heavy (non-hydrogen) atoms. The van der Waals surface area contributed by atoms with E-state index in [1.165, 1.54) is 12.1 Å². The molecule has 1 aromatic heterocycles. The van der Waals surface area contributed by atoms with Crippen molar-refractivity contribution in [2.75, 3.05) is 10.6 Å². The highest BCUT2D eigenvalue weighted by molar-refractivity contribution is 6.35. The zero-order valence-electron chi connectivity index (χ0n) is 20.4. The Morgan fingerprint density at radius 2 is 2.03 bits per heavy atom. The number of pyridine rings is 1. The van der Waals surface area contributed by atoms with Crippen molar-refractivity contribution in [3.63, 3.8) is 0 Å². The van der Waals surface area contributed by atoms with Crippen LogP contribution < -0.4 is 21.6 Å². The molecule has 4 fully saturated rings. The van der Waals surface area contributed by atoms with Crippen LogP contribution in [0.3, 0.4) is 0 Å². The third-order valence-corrected chi connectivity index (χ3v) is 7.96. The van der Waals surface area contributed by atoms with Gasteiger partial charge >= 0.3 is 0 Å². The molecular formula is C27H25ClFN7. The molecule has 2 heterocycles. The van der Waals surface area contributed by atoms with Crippen molar-refractivity contribution in [1.82, 2.24) is 21.0 Å². The van der Waals surface area contributed by atoms with Crippen molar-refractivity contribution in [3.8, 4) is 6.07 Å². The molecule has 0 radical (unpaired) electrons. The molecule has 1 atom stereocenters. The molecule has 9 heteroatoms. The van der Waals surface area contributed by atoms with E-state index in [2.05, 4.69) is 32.6 Å². The molecule has 4 saturated carbocycles. The van der Waals surface area contributed by atoms with Gasteiger partial charge in [-0.25, -0.2) is 4.39 Å². The van der Waals surface area contributed by atoms with Crippen molar-refractivity contribution in [2.45, 2.75) is 49.7 Å². The second-order valence-corrected chi connectivity index (χ2v) is 10.7. The first-order valence-electron chi connectivity index (χ1n) is 12.7. The summed E-state index contributed by atoms with van der Waals surface area (Å²) < 4.78 is 23.3. The van der Waals surface area contributed by atoms with Crippen LogP contribution in [0.15, 0.2) is 54.5 Å². The molecule has 0 amide bonds. The zero-order chi connectivity index (χ0) is 25.4. The topological polar surface area (TPSA) is 88.0 Å². The van der Waals surface area contributed by atoms with Gasteiger partial charge in [-0.05, 0) is 67.9 Å². The van der Waals surface area contributed by atoms with E-state index >= 15 is 0 Å². The van der Waals surface area contributed by atoms with Crippen molar-refractivity contribution in [1.29, 1.82) is 5.26 Å². The number of nitrogens with zero attached hydrogens (tertiary/aromatic N) is 3. The van der Waals surface area contributed by atoms with Crippen LogP contribution >= 0.6 is 11.6 Å². The van der Waals surface area contributed by atoms with E-state index < -0.39 is 6.02 Å². The number of hydrazine groups is 2. The van der Waals surface area contributed by atoms with Gasteiger partial charge in [-0.1, -0.05) is 23.7 Å². The van der Waals surface area contributed by atoms with E-state index in [1.54, 1.807) is 24.4 Å². The number of rotatable bonds is 7. The Kier molecular flexibility index (Phi) is 4.58. The molecule has 0 spiro atoms. The van der Waals surface area contributed by atoms with Crippen molar-refractivity contribution in [3.05, 3.63) is 76.5 Å². The fraction of sp³-hybridized carbons (Fsp3) is 0.333. The molecule has 2 aromatic carbocycles. The highest BCUT2D eigenvalue weighted by Gasteiger charge is 2.56. The molecule has 1 aliphatic heterocycles. The second kappa shape index (κ2) is 7.99. The quantitative estimate of drug-likeness (QED) is 0.346. The fourth-order valence-electron chi connectivity index (χ4n) is 5.51. The maximum atomic E-state index is 13.8. The fourth-order valence-corrected chi connectivity index (χ4v) is 5.78. The summed E-state index contributed by atoms with van der Waals surface area (Å²) in [6.45, 7) is 0. The number of hydrogen-bond donors (Lipinski definition) is 4. The van der Waals surface area contributed by atoms with Crippen LogP contribution in [0.1, 0.15) is 50.6 Å². The smallest absolute Gasteiger partial charge is 0.123 e. The molecule has 3 aromatic rings. The monoisotopic (exact) mass is 502 g/mol. The Morgan fingerprint density at radius 3 is 2.69 bits per heavy atom. The van der Waals surface area contributed by atoms with Crippen LogP contribution in [0.5, 0.6) is 0 Å². The first-order chi connectivity index (χ1) is 17.9. The lowest BCUT2D eigenvalue weighted by molar-refractivity contribution is 0.00222. The first kappa shape index (κ1) is 20.6.